The molecule has 5 nitrogen and oxygen atoms in total. The van der Waals surface area contributed by atoms with Crippen LogP contribution in [0.15, 0.2) is 66.7 Å². The van der Waals surface area contributed by atoms with Crippen LogP contribution in [0.1, 0.15) is 21.7 Å². The molecule has 0 saturated heterocycles. The molecule has 0 aliphatic heterocycles. The Bertz CT molecular complexity index is 1230. The number of rotatable bonds is 4. The molecule has 0 aliphatic carbocycles. The second-order valence-electron chi connectivity index (χ2n) is 6.88. The lowest BCUT2D eigenvalue weighted by Crippen LogP contribution is -2.15. The van der Waals surface area contributed by atoms with Crippen molar-refractivity contribution in [3.05, 3.63) is 94.5 Å². The summed E-state index contributed by atoms with van der Waals surface area (Å²) in [4.78, 5) is 17.3. The molecule has 1 amide bonds. The van der Waals surface area contributed by atoms with Crippen LogP contribution < -0.4 is 5.32 Å². The monoisotopic (exact) mass is 420 g/mol. The van der Waals surface area contributed by atoms with Crippen LogP contribution in [0.25, 0.3) is 17.1 Å². The van der Waals surface area contributed by atoms with E-state index in [0.29, 0.717) is 27.8 Å². The molecule has 7 heteroatoms. The minimum Gasteiger partial charge on any atom is -0.319 e. The summed E-state index contributed by atoms with van der Waals surface area (Å²) in [5.41, 5.74) is 3.79. The number of nitrogens with one attached hydrogen (secondary N) is 1. The normalized spacial score (nSPS) is 10.8. The van der Waals surface area contributed by atoms with Crippen LogP contribution in [-0.2, 0) is 0 Å². The molecule has 1 heterocycles. The smallest absolute Gasteiger partial charge is 0.295 e. The van der Waals surface area contributed by atoms with Gasteiger partial charge < -0.3 is 5.32 Å². The van der Waals surface area contributed by atoms with Crippen molar-refractivity contribution in [2.75, 3.05) is 5.32 Å². The zero-order valence-corrected chi connectivity index (χ0v) is 17.1. The van der Waals surface area contributed by atoms with E-state index >= 15 is 0 Å². The first-order valence-corrected chi connectivity index (χ1v) is 9.66. The molecule has 0 radical (unpaired) electrons. The molecule has 0 aliphatic rings. The van der Waals surface area contributed by atoms with Crippen molar-refractivity contribution in [1.82, 2.24) is 14.8 Å². The minimum absolute atomic E-state index is 0.00530. The van der Waals surface area contributed by atoms with E-state index in [1.165, 1.54) is 16.8 Å². The van der Waals surface area contributed by atoms with Crippen molar-refractivity contribution < 1.29 is 9.18 Å². The van der Waals surface area contributed by atoms with Crippen molar-refractivity contribution in [1.29, 1.82) is 0 Å². The maximum absolute atomic E-state index is 13.4. The number of nitrogens with zero attached hydrogens (tertiary/aromatic N) is 3. The van der Waals surface area contributed by atoms with Gasteiger partial charge in [0.05, 0.1) is 5.69 Å². The number of carbonyl (C=O) groups excluding carboxylic acids is 1. The Kier molecular flexibility index (Phi) is 5.33. The van der Waals surface area contributed by atoms with Crippen molar-refractivity contribution in [3.63, 3.8) is 0 Å². The number of carbonyl (C=O) groups is 1. The quantitative estimate of drug-likeness (QED) is 0.467. The molecule has 1 N–H and O–H groups in total. The summed E-state index contributed by atoms with van der Waals surface area (Å²) in [5, 5.41) is 7.82. The maximum atomic E-state index is 13.4. The summed E-state index contributed by atoms with van der Waals surface area (Å²) in [6, 6.07) is 18.8. The standard InChI is InChI=1S/C23H18ClFN4O/c1-14-7-12-18(13-19(14)24)29-22(16-8-10-17(25)11-9-16)27-21(28-29)23(30)26-20-6-4-3-5-15(20)2/h3-13H,1-2H3,(H,26,30). The highest BCUT2D eigenvalue weighted by Crippen LogP contribution is 2.25. The molecule has 0 fully saturated rings. The van der Waals surface area contributed by atoms with Crippen molar-refractivity contribution in [2.45, 2.75) is 13.8 Å². The Labute approximate surface area is 178 Å². The number of aromatic nitrogens is 3. The second-order valence-corrected chi connectivity index (χ2v) is 7.29. The van der Waals surface area contributed by atoms with Crippen molar-refractivity contribution in [3.8, 4) is 17.1 Å². The van der Waals surface area contributed by atoms with Gasteiger partial charge in [0.15, 0.2) is 5.82 Å². The summed E-state index contributed by atoms with van der Waals surface area (Å²) in [5.74, 6) is -0.399. The summed E-state index contributed by atoms with van der Waals surface area (Å²) >= 11 is 6.29. The van der Waals surface area contributed by atoms with Gasteiger partial charge in [-0.15, -0.1) is 5.10 Å². The van der Waals surface area contributed by atoms with E-state index in [2.05, 4.69) is 15.4 Å². The van der Waals surface area contributed by atoms with Gasteiger partial charge in [-0.3, -0.25) is 4.79 Å². The van der Waals surface area contributed by atoms with Crippen LogP contribution in [-0.4, -0.2) is 20.7 Å². The van der Waals surface area contributed by atoms with Gasteiger partial charge in [-0.25, -0.2) is 14.1 Å². The molecule has 0 atom stereocenters. The fraction of sp³-hybridized carbons (Fsp3) is 0.0870. The van der Waals surface area contributed by atoms with Crippen molar-refractivity contribution >= 4 is 23.2 Å². The van der Waals surface area contributed by atoms with Crippen molar-refractivity contribution in [2.24, 2.45) is 0 Å². The molecule has 1 aromatic heterocycles. The Morgan fingerprint density at radius 3 is 2.43 bits per heavy atom. The topological polar surface area (TPSA) is 59.8 Å². The van der Waals surface area contributed by atoms with E-state index in [9.17, 15) is 9.18 Å². The largest absolute Gasteiger partial charge is 0.319 e. The number of hydrogen-bond donors (Lipinski definition) is 1. The van der Waals surface area contributed by atoms with Crippen LogP contribution in [0.5, 0.6) is 0 Å². The first kappa shape index (κ1) is 19.8. The molecule has 0 spiro atoms. The van der Waals surface area contributed by atoms with E-state index < -0.39 is 5.91 Å². The fourth-order valence-electron chi connectivity index (χ4n) is 2.98. The minimum atomic E-state index is -0.440. The highest BCUT2D eigenvalue weighted by atomic mass is 35.5. The molecule has 150 valence electrons. The van der Waals surface area contributed by atoms with Gasteiger partial charge >= 0.3 is 0 Å². The molecule has 0 unspecified atom stereocenters. The lowest BCUT2D eigenvalue weighted by Gasteiger charge is -2.07. The number of hydrogen-bond acceptors (Lipinski definition) is 3. The molecule has 4 rings (SSSR count). The summed E-state index contributed by atoms with van der Waals surface area (Å²) in [6.07, 6.45) is 0. The van der Waals surface area contributed by atoms with E-state index in [1.807, 2.05) is 50.2 Å². The van der Waals surface area contributed by atoms with Gasteiger partial charge in [0, 0.05) is 16.3 Å². The highest BCUT2D eigenvalue weighted by Gasteiger charge is 2.20. The third kappa shape index (κ3) is 3.95. The Morgan fingerprint density at radius 1 is 1.00 bits per heavy atom. The van der Waals surface area contributed by atoms with Crippen LogP contribution in [0.2, 0.25) is 5.02 Å². The lowest BCUT2D eigenvalue weighted by atomic mass is 10.2. The van der Waals surface area contributed by atoms with E-state index in [1.54, 1.807) is 18.2 Å². The molecule has 0 saturated carbocycles. The molecular weight excluding hydrogens is 403 g/mol. The first-order valence-electron chi connectivity index (χ1n) is 9.29. The average molecular weight is 421 g/mol. The molecular formula is C23H18ClFN4O. The molecule has 3 aromatic carbocycles. The van der Waals surface area contributed by atoms with E-state index in [0.717, 1.165) is 11.1 Å². The van der Waals surface area contributed by atoms with Gasteiger partial charge in [0.1, 0.15) is 5.82 Å². The van der Waals surface area contributed by atoms with Gasteiger partial charge in [-0.2, -0.15) is 0 Å². The number of amides is 1. The van der Waals surface area contributed by atoms with E-state index in [-0.39, 0.29) is 11.6 Å². The first-order chi connectivity index (χ1) is 14.4. The van der Waals surface area contributed by atoms with Gasteiger partial charge in [0.2, 0.25) is 5.82 Å². The summed E-state index contributed by atoms with van der Waals surface area (Å²) in [6.45, 7) is 3.80. The fourth-order valence-corrected chi connectivity index (χ4v) is 3.15. The Morgan fingerprint density at radius 2 is 1.73 bits per heavy atom. The van der Waals surface area contributed by atoms with Crippen LogP contribution in [0.3, 0.4) is 0 Å². The summed E-state index contributed by atoms with van der Waals surface area (Å²) < 4.78 is 14.9. The zero-order valence-electron chi connectivity index (χ0n) is 16.4. The lowest BCUT2D eigenvalue weighted by molar-refractivity contribution is 0.101. The van der Waals surface area contributed by atoms with Crippen LogP contribution in [0.4, 0.5) is 10.1 Å². The van der Waals surface area contributed by atoms with E-state index in [4.69, 9.17) is 11.6 Å². The van der Waals surface area contributed by atoms with Crippen LogP contribution >= 0.6 is 11.6 Å². The highest BCUT2D eigenvalue weighted by molar-refractivity contribution is 6.31. The third-order valence-corrected chi connectivity index (χ3v) is 5.11. The number of halogens is 2. The van der Waals surface area contributed by atoms with Gasteiger partial charge in [0.25, 0.3) is 5.91 Å². The Hall–Kier alpha value is -3.51. The number of para-hydroxylation sites is 1. The number of anilines is 1. The summed E-state index contributed by atoms with van der Waals surface area (Å²) in [7, 11) is 0. The number of aryl methyl sites for hydroxylation is 2. The second kappa shape index (κ2) is 8.08. The number of benzene rings is 3. The van der Waals surface area contributed by atoms with Gasteiger partial charge in [-0.1, -0.05) is 35.9 Å². The predicted octanol–water partition coefficient (Wildman–Crippen LogP) is 5.60. The average Bonchev–Trinajstić information content (AvgIpc) is 3.18. The molecule has 4 aromatic rings. The maximum Gasteiger partial charge on any atom is 0.295 e. The third-order valence-electron chi connectivity index (χ3n) is 4.71. The Balaban J connectivity index is 1.79. The molecule has 0 bridgehead atoms. The SMILES string of the molecule is Cc1ccc(-n2nc(C(=O)Nc3ccccc3C)nc2-c2ccc(F)cc2)cc1Cl. The zero-order chi connectivity index (χ0) is 21.3. The van der Waals surface area contributed by atoms with Gasteiger partial charge in [-0.05, 0) is 67.4 Å². The molecule has 30 heavy (non-hydrogen) atoms. The van der Waals surface area contributed by atoms with Crippen LogP contribution in [0, 0.1) is 19.7 Å². The predicted molar refractivity (Wildman–Crippen MR) is 116 cm³/mol.